The maximum absolute atomic E-state index is 5.98. The van der Waals surface area contributed by atoms with Crippen molar-refractivity contribution in [3.05, 3.63) is 51.0 Å². The number of benzene rings is 1. The van der Waals surface area contributed by atoms with E-state index >= 15 is 0 Å². The summed E-state index contributed by atoms with van der Waals surface area (Å²) in [5.41, 5.74) is 2.68. The molecule has 1 heterocycles. The minimum absolute atomic E-state index is 1.23. The van der Waals surface area contributed by atoms with Gasteiger partial charge < -0.3 is 0 Å². The van der Waals surface area contributed by atoms with Gasteiger partial charge in [-0.25, -0.2) is 0 Å². The van der Waals surface area contributed by atoms with Crippen molar-refractivity contribution in [2.75, 3.05) is 0 Å². The number of rotatable bonds is 1. The molecule has 0 N–H and O–H groups in total. The second-order valence-electron chi connectivity index (χ2n) is 4.07. The van der Waals surface area contributed by atoms with Gasteiger partial charge in [0.2, 0.25) is 0 Å². The largest absolute Gasteiger partial charge is 0.0824 e. The quantitative estimate of drug-likeness (QED) is 0.676. The van der Waals surface area contributed by atoms with Gasteiger partial charge in [0.15, 0.2) is 0 Å². The molecule has 0 spiro atoms. The highest BCUT2D eigenvalue weighted by atomic mass is 79.9. The van der Waals surface area contributed by atoms with Gasteiger partial charge in [-0.2, -0.15) is 0 Å². The minimum atomic E-state index is -1.71. The summed E-state index contributed by atoms with van der Waals surface area (Å²) in [6.45, 7) is 6.50. The standard InChI is InChI=1S/C13H14BrPS/c1-9-10(2)13(14)15(16,11(9)3)12-7-5-4-6-8-12/h4-8H,1-3H3. The SMILES string of the molecule is CC1=C(C)P(=S)(c2ccccc2)C(Br)=C1C. The lowest BCUT2D eigenvalue weighted by Crippen LogP contribution is -2.02. The van der Waals surface area contributed by atoms with Crippen molar-refractivity contribution in [2.24, 2.45) is 0 Å². The van der Waals surface area contributed by atoms with Crippen LogP contribution in [0, 0.1) is 0 Å². The van der Waals surface area contributed by atoms with E-state index in [0.29, 0.717) is 0 Å². The molecule has 0 amide bonds. The van der Waals surface area contributed by atoms with Gasteiger partial charge in [-0.05, 0) is 58.5 Å². The fourth-order valence-electron chi connectivity index (χ4n) is 1.99. The van der Waals surface area contributed by atoms with E-state index in [4.69, 9.17) is 11.8 Å². The molecule has 1 aromatic carbocycles. The van der Waals surface area contributed by atoms with Crippen LogP contribution in [0.2, 0.25) is 0 Å². The number of halogens is 1. The fraction of sp³-hybridized carbons (Fsp3) is 0.231. The molecule has 84 valence electrons. The molecule has 0 bridgehead atoms. The molecular formula is C13H14BrPS. The molecule has 3 heteroatoms. The van der Waals surface area contributed by atoms with Crippen molar-refractivity contribution in [3.8, 4) is 0 Å². The van der Waals surface area contributed by atoms with Crippen molar-refractivity contribution >= 4 is 39.1 Å². The zero-order valence-corrected chi connectivity index (χ0v) is 12.9. The highest BCUT2D eigenvalue weighted by molar-refractivity contribution is 9.13. The summed E-state index contributed by atoms with van der Waals surface area (Å²) in [5, 5.41) is 2.66. The first-order valence-corrected chi connectivity index (χ1v) is 8.80. The highest BCUT2D eigenvalue weighted by Gasteiger charge is 2.33. The third-order valence-electron chi connectivity index (χ3n) is 3.28. The van der Waals surface area contributed by atoms with Crippen LogP contribution in [0.1, 0.15) is 20.8 Å². The van der Waals surface area contributed by atoms with Gasteiger partial charge in [-0.15, -0.1) is 0 Å². The topological polar surface area (TPSA) is 0 Å². The van der Waals surface area contributed by atoms with Crippen LogP contribution in [-0.4, -0.2) is 0 Å². The Balaban J connectivity index is 2.71. The van der Waals surface area contributed by atoms with Crippen molar-refractivity contribution in [1.82, 2.24) is 0 Å². The molecule has 0 nitrogen and oxygen atoms in total. The molecule has 0 saturated heterocycles. The minimum Gasteiger partial charge on any atom is -0.0824 e. The molecule has 0 radical (unpaired) electrons. The smallest absolute Gasteiger partial charge is 0.0410 e. The number of hydrogen-bond donors (Lipinski definition) is 0. The van der Waals surface area contributed by atoms with Gasteiger partial charge in [0.05, 0.1) is 0 Å². The lowest BCUT2D eigenvalue weighted by Gasteiger charge is -2.19. The van der Waals surface area contributed by atoms with Crippen LogP contribution in [-0.2, 0) is 11.8 Å². The Hall–Kier alpha value is -0.170. The average Bonchev–Trinajstić information content (AvgIpc) is 2.47. The molecule has 0 saturated carbocycles. The molecule has 1 aliphatic rings. The van der Waals surface area contributed by atoms with Crippen molar-refractivity contribution in [1.29, 1.82) is 0 Å². The van der Waals surface area contributed by atoms with Crippen LogP contribution >= 0.6 is 22.0 Å². The Morgan fingerprint density at radius 1 is 1.00 bits per heavy atom. The van der Waals surface area contributed by atoms with Gasteiger partial charge in [0.25, 0.3) is 0 Å². The third kappa shape index (κ3) is 1.59. The van der Waals surface area contributed by atoms with Crippen LogP contribution in [0.3, 0.4) is 0 Å². The van der Waals surface area contributed by atoms with Gasteiger partial charge in [0.1, 0.15) is 0 Å². The van der Waals surface area contributed by atoms with Crippen molar-refractivity contribution in [2.45, 2.75) is 20.8 Å². The summed E-state index contributed by atoms with van der Waals surface area (Å²) in [5.74, 6) is 0. The second kappa shape index (κ2) is 4.25. The van der Waals surface area contributed by atoms with E-state index in [-0.39, 0.29) is 0 Å². The zero-order valence-electron chi connectivity index (χ0n) is 9.62. The third-order valence-corrected chi connectivity index (χ3v) is 11.4. The summed E-state index contributed by atoms with van der Waals surface area (Å²) in [4.78, 5) is 0. The molecular weight excluding hydrogens is 299 g/mol. The van der Waals surface area contributed by atoms with E-state index in [1.54, 1.807) is 0 Å². The van der Waals surface area contributed by atoms with Gasteiger partial charge in [0, 0.05) is 10.3 Å². The maximum atomic E-state index is 5.98. The average molecular weight is 313 g/mol. The monoisotopic (exact) mass is 312 g/mol. The summed E-state index contributed by atoms with van der Waals surface area (Å²) in [6, 6.07) is 8.77. The Kier molecular flexibility index (Phi) is 3.27. The van der Waals surface area contributed by atoms with Gasteiger partial charge in [-0.1, -0.05) is 42.1 Å². The normalized spacial score (nSPS) is 25.5. The lowest BCUT2D eigenvalue weighted by molar-refractivity contribution is 1.34. The molecule has 0 aromatic heterocycles. The molecule has 1 aliphatic heterocycles. The van der Waals surface area contributed by atoms with Crippen LogP contribution in [0.4, 0.5) is 0 Å². The van der Waals surface area contributed by atoms with Crippen LogP contribution in [0.15, 0.2) is 51.0 Å². The van der Waals surface area contributed by atoms with Crippen molar-refractivity contribution < 1.29 is 0 Å². The molecule has 1 unspecified atom stereocenters. The fourth-order valence-corrected chi connectivity index (χ4v) is 7.67. The van der Waals surface area contributed by atoms with E-state index in [1.807, 2.05) is 6.07 Å². The Bertz CT molecular complexity index is 512. The van der Waals surface area contributed by atoms with Crippen LogP contribution < -0.4 is 5.30 Å². The molecule has 0 aliphatic carbocycles. The van der Waals surface area contributed by atoms with Crippen LogP contribution in [0.25, 0.3) is 0 Å². The van der Waals surface area contributed by atoms with E-state index in [0.717, 1.165) is 0 Å². The Labute approximate surface area is 111 Å². The first-order valence-electron chi connectivity index (χ1n) is 5.20. The van der Waals surface area contributed by atoms with Gasteiger partial charge >= 0.3 is 0 Å². The molecule has 1 aromatic rings. The first kappa shape index (κ1) is 12.3. The second-order valence-corrected chi connectivity index (χ2v) is 9.97. The Morgan fingerprint density at radius 3 is 2.00 bits per heavy atom. The Morgan fingerprint density at radius 2 is 1.56 bits per heavy atom. The van der Waals surface area contributed by atoms with E-state index in [2.05, 4.69) is 61.0 Å². The highest BCUT2D eigenvalue weighted by Crippen LogP contribution is 2.68. The zero-order chi connectivity index (χ0) is 11.9. The van der Waals surface area contributed by atoms with Crippen molar-refractivity contribution in [3.63, 3.8) is 0 Å². The van der Waals surface area contributed by atoms with Crippen LogP contribution in [0.5, 0.6) is 0 Å². The van der Waals surface area contributed by atoms with E-state index in [9.17, 15) is 0 Å². The van der Waals surface area contributed by atoms with E-state index in [1.165, 1.54) is 26.0 Å². The molecule has 0 fully saturated rings. The summed E-state index contributed by atoms with van der Waals surface area (Å²) in [6.07, 6.45) is 0. The number of allylic oxidation sites excluding steroid dienone is 3. The lowest BCUT2D eigenvalue weighted by atomic mass is 10.1. The molecule has 2 rings (SSSR count). The predicted octanol–water partition coefficient (Wildman–Crippen LogP) is 4.73. The first-order chi connectivity index (χ1) is 7.49. The predicted molar refractivity (Wildman–Crippen MR) is 80.4 cm³/mol. The summed E-state index contributed by atoms with van der Waals surface area (Å²) < 4.78 is 1.23. The summed E-state index contributed by atoms with van der Waals surface area (Å²) >= 11 is 9.71. The molecule has 1 atom stereocenters. The number of hydrogen-bond acceptors (Lipinski definition) is 1. The summed E-state index contributed by atoms with van der Waals surface area (Å²) in [7, 11) is 0. The molecule has 16 heavy (non-hydrogen) atoms. The van der Waals surface area contributed by atoms with E-state index < -0.39 is 6.04 Å². The maximum Gasteiger partial charge on any atom is 0.0410 e. The van der Waals surface area contributed by atoms with Gasteiger partial charge in [-0.3, -0.25) is 0 Å².